The van der Waals surface area contributed by atoms with Crippen LogP contribution in [0.5, 0.6) is 0 Å². The first kappa shape index (κ1) is 50.7. The molecule has 0 aliphatic carbocycles. The molecule has 344 valence electrons. The molecule has 13 heteroatoms. The highest BCUT2D eigenvalue weighted by Gasteiger charge is 2.55. The summed E-state index contributed by atoms with van der Waals surface area (Å²) in [4.78, 5) is 15.4. The lowest BCUT2D eigenvalue weighted by atomic mass is 10.1. The van der Waals surface area contributed by atoms with Crippen LogP contribution in [0, 0.1) is 0 Å². The van der Waals surface area contributed by atoms with Crippen LogP contribution in [-0.4, -0.2) is 84.3 Å². The van der Waals surface area contributed by atoms with Gasteiger partial charge in [0.25, 0.3) is 8.32 Å². The van der Waals surface area contributed by atoms with Crippen LogP contribution in [0.2, 0.25) is 59.4 Å². The minimum absolute atomic E-state index is 0.0156. The minimum Gasteiger partial charge on any atom is -0.414 e. The molecule has 0 bridgehead atoms. The van der Waals surface area contributed by atoms with E-state index in [2.05, 4.69) is 195 Å². The molecule has 2 aromatic heterocycles. The van der Waals surface area contributed by atoms with E-state index in [0.29, 0.717) is 26.1 Å². The van der Waals surface area contributed by atoms with Crippen molar-refractivity contribution < 1.29 is 22.4 Å². The van der Waals surface area contributed by atoms with Crippen molar-refractivity contribution in [3.63, 3.8) is 0 Å². The lowest BCUT2D eigenvalue weighted by Gasteiger charge is -2.44. The largest absolute Gasteiger partial charge is 0.414 e. The van der Waals surface area contributed by atoms with Crippen molar-refractivity contribution in [1.82, 2.24) is 19.5 Å². The van der Waals surface area contributed by atoms with Crippen molar-refractivity contribution >= 4 is 54.8 Å². The second-order valence-electron chi connectivity index (χ2n) is 23.2. The maximum atomic E-state index is 7.51. The van der Waals surface area contributed by atoms with Crippen molar-refractivity contribution in [2.75, 3.05) is 13.2 Å². The van der Waals surface area contributed by atoms with Gasteiger partial charge in [0.05, 0.1) is 18.6 Å². The number of rotatable bonds is 16. The normalized spacial score (nSPS) is 20.0. The van der Waals surface area contributed by atoms with E-state index >= 15 is 0 Å². The number of fused-ring (bicyclic) bond motifs is 1. The van der Waals surface area contributed by atoms with E-state index in [1.165, 1.54) is 10.4 Å². The van der Waals surface area contributed by atoms with E-state index in [1.807, 2.05) is 6.33 Å². The highest BCUT2D eigenvalue weighted by molar-refractivity contribution is 6.99. The molecule has 0 spiro atoms. The summed E-state index contributed by atoms with van der Waals surface area (Å²) in [7, 11) is -9.48. The molecule has 0 amide bonds. The third-order valence-electron chi connectivity index (χ3n) is 14.6. The zero-order valence-electron chi connectivity index (χ0n) is 42.0. The number of aryl methyl sites for hydroxylation is 2. The quantitative estimate of drug-likeness (QED) is 0.0811. The number of imidazole rings is 1. The number of benzene rings is 2. The predicted octanol–water partition coefficient (Wildman–Crippen LogP) is 11.6. The Morgan fingerprint density at radius 2 is 1.13 bits per heavy atom. The van der Waals surface area contributed by atoms with E-state index in [9.17, 15) is 0 Å². The van der Waals surface area contributed by atoms with Gasteiger partial charge in [0.2, 0.25) is 0 Å². The number of ether oxygens (including phenoxy) is 1. The molecule has 0 unspecified atom stereocenters. The van der Waals surface area contributed by atoms with Crippen molar-refractivity contribution in [2.45, 2.75) is 193 Å². The SMILES string of the molecule is CCc1nc(CCCO[Si](c2ccccc2)(c2ccccc2)C(C)(C)C)c2ncn([C@@H]3O[C@H](CO[Si](C)(C)C(C)(C)C)[C@@H](O[Si](C)(C)C(C)(C)C)[C@H]3O[Si](C)(C)C(C)(C)C)c2n1. The second kappa shape index (κ2) is 18.5. The van der Waals surface area contributed by atoms with E-state index in [-0.39, 0.29) is 32.4 Å². The Balaban J connectivity index is 1.55. The molecule has 9 nitrogen and oxygen atoms in total. The maximum Gasteiger partial charge on any atom is 0.261 e. The third-order valence-corrected chi connectivity index (χ3v) is 33.1. The topological polar surface area (TPSA) is 89.8 Å². The van der Waals surface area contributed by atoms with E-state index in [0.717, 1.165) is 29.1 Å². The lowest BCUT2D eigenvalue weighted by Crippen LogP contribution is -2.66. The molecule has 4 aromatic rings. The smallest absolute Gasteiger partial charge is 0.261 e. The molecule has 1 fully saturated rings. The molecular formula is C49H82N4O5Si4. The van der Waals surface area contributed by atoms with Crippen LogP contribution in [0.4, 0.5) is 0 Å². The van der Waals surface area contributed by atoms with Crippen LogP contribution in [-0.2, 0) is 35.3 Å². The summed E-state index contributed by atoms with van der Waals surface area (Å²) in [6.45, 7) is 44.7. The van der Waals surface area contributed by atoms with Crippen LogP contribution in [0.25, 0.3) is 11.2 Å². The molecule has 0 radical (unpaired) electrons. The number of nitrogens with zero attached hydrogens (tertiary/aromatic N) is 4. The molecule has 3 heterocycles. The van der Waals surface area contributed by atoms with Crippen molar-refractivity contribution in [3.8, 4) is 0 Å². The van der Waals surface area contributed by atoms with Crippen molar-refractivity contribution in [1.29, 1.82) is 0 Å². The standard InChI is InChI=1S/C49H82N4O5Si4/c1-20-40-51-38(32-27-33-54-62(49(11,12)13,36-28-23-21-24-29-36)37-30-25-22-26-31-37)41-44(52-40)53(35-50-41)45-43(58-61(18,19)48(8,9)10)42(57-60(16,17)47(5,6)7)39(56-45)34-55-59(14,15)46(2,3)4/h21-26,28-31,35,39,42-43,45H,20,27,32-34H2,1-19H3/t39-,42-,43-,45-/m1/s1. The summed E-state index contributed by atoms with van der Waals surface area (Å²) in [6.07, 6.45) is 2.47. The van der Waals surface area contributed by atoms with Gasteiger partial charge in [-0.25, -0.2) is 15.0 Å². The van der Waals surface area contributed by atoms with Crippen LogP contribution < -0.4 is 10.4 Å². The van der Waals surface area contributed by atoms with Gasteiger partial charge in [-0.3, -0.25) is 4.57 Å². The molecule has 2 aromatic carbocycles. The molecule has 0 N–H and O–H groups in total. The number of aromatic nitrogens is 4. The van der Waals surface area contributed by atoms with E-state index in [4.69, 9.17) is 37.4 Å². The Morgan fingerprint density at radius 1 is 0.629 bits per heavy atom. The fourth-order valence-electron chi connectivity index (χ4n) is 7.64. The molecule has 1 saturated heterocycles. The van der Waals surface area contributed by atoms with Gasteiger partial charge in [0.15, 0.2) is 36.8 Å². The molecule has 5 rings (SSSR count). The van der Waals surface area contributed by atoms with Crippen LogP contribution in [0.3, 0.4) is 0 Å². The predicted molar refractivity (Wildman–Crippen MR) is 268 cm³/mol. The van der Waals surface area contributed by atoms with Crippen LogP contribution >= 0.6 is 0 Å². The van der Waals surface area contributed by atoms with Crippen LogP contribution in [0.15, 0.2) is 67.0 Å². The van der Waals surface area contributed by atoms with Gasteiger partial charge >= 0.3 is 0 Å². The van der Waals surface area contributed by atoms with Gasteiger partial charge in [0.1, 0.15) is 29.7 Å². The van der Waals surface area contributed by atoms with Gasteiger partial charge in [-0.05, 0) is 82.7 Å². The highest BCUT2D eigenvalue weighted by Crippen LogP contribution is 2.47. The van der Waals surface area contributed by atoms with E-state index in [1.54, 1.807) is 0 Å². The van der Waals surface area contributed by atoms with Gasteiger partial charge in [-0.15, -0.1) is 0 Å². The lowest BCUT2D eigenvalue weighted by molar-refractivity contribution is -0.0470. The summed E-state index contributed by atoms with van der Waals surface area (Å²) in [5.41, 5.74) is 2.50. The molecular weight excluding hydrogens is 837 g/mol. The van der Waals surface area contributed by atoms with Crippen molar-refractivity contribution in [2.24, 2.45) is 0 Å². The third kappa shape index (κ3) is 10.5. The monoisotopic (exact) mass is 919 g/mol. The van der Waals surface area contributed by atoms with Crippen molar-refractivity contribution in [3.05, 3.63) is 78.5 Å². The highest BCUT2D eigenvalue weighted by atomic mass is 28.4. The Morgan fingerprint density at radius 3 is 1.60 bits per heavy atom. The fourth-order valence-corrected chi connectivity index (χ4v) is 15.9. The Labute approximate surface area is 380 Å². The zero-order valence-corrected chi connectivity index (χ0v) is 46.0. The fraction of sp³-hybridized carbons (Fsp3) is 0.653. The van der Waals surface area contributed by atoms with Crippen LogP contribution in [0.1, 0.15) is 114 Å². The van der Waals surface area contributed by atoms with Gasteiger partial charge in [0, 0.05) is 13.0 Å². The van der Waals surface area contributed by atoms with Gasteiger partial charge in [-0.1, -0.05) is 151 Å². The summed E-state index contributed by atoms with van der Waals surface area (Å²) in [5.74, 6) is 0.786. The van der Waals surface area contributed by atoms with Gasteiger partial charge < -0.3 is 22.4 Å². The summed E-state index contributed by atoms with van der Waals surface area (Å²) in [6, 6.07) is 21.7. The average Bonchev–Trinajstić information content (AvgIpc) is 3.73. The first-order chi connectivity index (χ1) is 28.5. The molecule has 1 aliphatic rings. The minimum atomic E-state index is -2.68. The maximum absolute atomic E-state index is 7.51. The number of hydrogen-bond donors (Lipinski definition) is 0. The Bertz CT molecular complexity index is 2040. The Hall–Kier alpha value is -2.34. The molecule has 0 saturated carbocycles. The summed E-state index contributed by atoms with van der Waals surface area (Å²) < 4.78 is 38.6. The average molecular weight is 920 g/mol. The molecule has 62 heavy (non-hydrogen) atoms. The first-order valence-corrected chi connectivity index (χ1v) is 33.7. The molecule has 1 aliphatic heterocycles. The summed E-state index contributed by atoms with van der Waals surface area (Å²) in [5, 5.41) is 2.46. The summed E-state index contributed by atoms with van der Waals surface area (Å²) >= 11 is 0. The first-order valence-electron chi connectivity index (χ1n) is 23.1. The molecule has 4 atom stereocenters. The van der Waals surface area contributed by atoms with Gasteiger partial charge in [-0.2, -0.15) is 0 Å². The Kier molecular flexibility index (Phi) is 15.1. The zero-order chi connectivity index (χ0) is 46.3. The number of hydrogen-bond acceptors (Lipinski definition) is 8. The van der Waals surface area contributed by atoms with E-state index < -0.39 is 45.6 Å². The second-order valence-corrected chi connectivity index (χ2v) is 41.8.